The van der Waals surface area contributed by atoms with E-state index in [1.807, 2.05) is 0 Å². The lowest BCUT2D eigenvalue weighted by Crippen LogP contribution is -2.16. The summed E-state index contributed by atoms with van der Waals surface area (Å²) in [5.41, 5.74) is -0.683. The van der Waals surface area contributed by atoms with Crippen molar-refractivity contribution >= 4 is 23.3 Å². The monoisotopic (exact) mass is 285 g/mol. The van der Waals surface area contributed by atoms with E-state index in [0.717, 1.165) is 6.07 Å². The van der Waals surface area contributed by atoms with Crippen LogP contribution in [0.25, 0.3) is 0 Å². The summed E-state index contributed by atoms with van der Waals surface area (Å²) in [6, 6.07) is 3.78. The van der Waals surface area contributed by atoms with Gasteiger partial charge < -0.3 is 5.32 Å². The number of nitrogens with one attached hydrogen (secondary N) is 2. The van der Waals surface area contributed by atoms with Crippen LogP contribution in [0.2, 0.25) is 5.02 Å². The van der Waals surface area contributed by atoms with Gasteiger partial charge in [-0.1, -0.05) is 11.6 Å². The van der Waals surface area contributed by atoms with Crippen molar-refractivity contribution < 1.29 is 13.6 Å². The number of hydrogen-bond acceptors (Lipinski definition) is 3. The molecule has 8 heteroatoms. The summed E-state index contributed by atoms with van der Waals surface area (Å²) in [6.07, 6.45) is 0. The van der Waals surface area contributed by atoms with Crippen molar-refractivity contribution in [2.45, 2.75) is 0 Å². The minimum absolute atomic E-state index is 0.0467. The molecule has 0 unspecified atom stereocenters. The minimum Gasteiger partial charge on any atom is -0.305 e. The molecule has 0 aliphatic carbocycles. The lowest BCUT2D eigenvalue weighted by Gasteiger charge is -2.06. The fourth-order valence-electron chi connectivity index (χ4n) is 1.29. The van der Waals surface area contributed by atoms with Gasteiger partial charge in [-0.15, -0.1) is 0 Å². The molecular formula is C11H6ClF2N3O2. The van der Waals surface area contributed by atoms with Crippen molar-refractivity contribution in [2.24, 2.45) is 0 Å². The number of aromatic nitrogens is 2. The van der Waals surface area contributed by atoms with E-state index in [-0.39, 0.29) is 16.4 Å². The second kappa shape index (κ2) is 5.15. The Balaban J connectivity index is 2.27. The van der Waals surface area contributed by atoms with Gasteiger partial charge in [0.25, 0.3) is 11.5 Å². The van der Waals surface area contributed by atoms with Crippen LogP contribution in [0.3, 0.4) is 0 Å². The van der Waals surface area contributed by atoms with Gasteiger partial charge in [0, 0.05) is 6.07 Å². The van der Waals surface area contributed by atoms with Crippen molar-refractivity contribution in [3.8, 4) is 0 Å². The predicted octanol–water partition coefficient (Wildman–Crippen LogP) is 1.95. The smallest absolute Gasteiger partial charge is 0.264 e. The standard InChI is InChI=1S/C11H6ClF2N3O2/c12-6-4-8(14)7(13)3-5(6)11(19)15-9-1-2-10(18)17-16-9/h1-4H,(H,17,18)(H,15,16,19). The van der Waals surface area contributed by atoms with Gasteiger partial charge in [-0.3, -0.25) is 9.59 Å². The molecule has 1 aromatic heterocycles. The number of nitrogens with zero attached hydrogens (tertiary/aromatic N) is 1. The number of anilines is 1. The molecule has 98 valence electrons. The predicted molar refractivity (Wildman–Crippen MR) is 64.2 cm³/mol. The second-order valence-electron chi connectivity index (χ2n) is 3.51. The molecule has 0 spiro atoms. The van der Waals surface area contributed by atoms with Crippen molar-refractivity contribution in [2.75, 3.05) is 5.32 Å². The highest BCUT2D eigenvalue weighted by Crippen LogP contribution is 2.20. The molecule has 1 aromatic carbocycles. The largest absolute Gasteiger partial charge is 0.305 e. The van der Waals surface area contributed by atoms with Crippen molar-refractivity contribution in [3.05, 3.63) is 56.8 Å². The third kappa shape index (κ3) is 2.94. The molecule has 2 rings (SSSR count). The first-order valence-electron chi connectivity index (χ1n) is 4.99. The third-order valence-electron chi connectivity index (χ3n) is 2.18. The fourth-order valence-corrected chi connectivity index (χ4v) is 1.53. The van der Waals surface area contributed by atoms with E-state index in [1.165, 1.54) is 6.07 Å². The Morgan fingerprint density at radius 2 is 1.95 bits per heavy atom. The quantitative estimate of drug-likeness (QED) is 0.828. The van der Waals surface area contributed by atoms with Gasteiger partial charge in [-0.05, 0) is 18.2 Å². The summed E-state index contributed by atoms with van der Waals surface area (Å²) in [5.74, 6) is -3.07. The molecule has 0 aliphatic heterocycles. The Labute approximate surface area is 110 Å². The third-order valence-corrected chi connectivity index (χ3v) is 2.49. The Morgan fingerprint density at radius 3 is 2.58 bits per heavy atom. The highest BCUT2D eigenvalue weighted by Gasteiger charge is 2.15. The summed E-state index contributed by atoms with van der Waals surface area (Å²) in [6.45, 7) is 0. The lowest BCUT2D eigenvalue weighted by atomic mass is 10.2. The number of carbonyl (C=O) groups is 1. The van der Waals surface area contributed by atoms with Crippen LogP contribution < -0.4 is 10.9 Å². The highest BCUT2D eigenvalue weighted by atomic mass is 35.5. The molecule has 2 N–H and O–H groups in total. The van der Waals surface area contributed by atoms with E-state index in [2.05, 4.69) is 15.5 Å². The van der Waals surface area contributed by atoms with Crippen molar-refractivity contribution in [1.29, 1.82) is 0 Å². The number of rotatable bonds is 2. The second-order valence-corrected chi connectivity index (χ2v) is 3.91. The summed E-state index contributed by atoms with van der Waals surface area (Å²) >= 11 is 5.64. The Morgan fingerprint density at radius 1 is 1.26 bits per heavy atom. The lowest BCUT2D eigenvalue weighted by molar-refractivity contribution is 0.102. The van der Waals surface area contributed by atoms with Crippen molar-refractivity contribution in [3.63, 3.8) is 0 Å². The molecule has 0 aliphatic rings. The maximum atomic E-state index is 13.0. The van der Waals surface area contributed by atoms with E-state index in [0.29, 0.717) is 12.1 Å². The number of H-pyrrole nitrogens is 1. The fraction of sp³-hybridized carbons (Fsp3) is 0. The van der Waals surface area contributed by atoms with Gasteiger partial charge in [-0.25, -0.2) is 13.9 Å². The van der Waals surface area contributed by atoms with Gasteiger partial charge >= 0.3 is 0 Å². The first-order valence-corrected chi connectivity index (χ1v) is 5.37. The minimum atomic E-state index is -1.19. The normalized spacial score (nSPS) is 10.3. The van der Waals surface area contributed by atoms with E-state index < -0.39 is 23.1 Å². The van der Waals surface area contributed by atoms with Gasteiger partial charge in [0.2, 0.25) is 0 Å². The molecule has 1 amide bonds. The number of carbonyl (C=O) groups excluding carboxylic acids is 1. The molecule has 0 bridgehead atoms. The summed E-state index contributed by atoms with van der Waals surface area (Å²) < 4.78 is 25.9. The summed E-state index contributed by atoms with van der Waals surface area (Å²) in [5, 5.41) is 7.68. The van der Waals surface area contributed by atoms with Crippen LogP contribution in [0.4, 0.5) is 14.6 Å². The zero-order chi connectivity index (χ0) is 14.0. The molecule has 0 saturated heterocycles. The number of amides is 1. The van der Waals surface area contributed by atoms with Crippen LogP contribution >= 0.6 is 11.6 Å². The van der Waals surface area contributed by atoms with Crippen LogP contribution in [0, 0.1) is 11.6 Å². The van der Waals surface area contributed by atoms with Crippen LogP contribution in [0.5, 0.6) is 0 Å². The maximum absolute atomic E-state index is 13.0. The summed E-state index contributed by atoms with van der Waals surface area (Å²) in [4.78, 5) is 22.5. The van der Waals surface area contributed by atoms with Gasteiger partial charge in [0.05, 0.1) is 10.6 Å². The van der Waals surface area contributed by atoms with Crippen LogP contribution in [0.15, 0.2) is 29.1 Å². The van der Waals surface area contributed by atoms with Crippen molar-refractivity contribution in [1.82, 2.24) is 10.2 Å². The van der Waals surface area contributed by atoms with E-state index in [9.17, 15) is 18.4 Å². The number of aromatic amines is 1. The number of halogens is 3. The average Bonchev–Trinajstić information content (AvgIpc) is 2.36. The first-order chi connectivity index (χ1) is 8.97. The molecule has 19 heavy (non-hydrogen) atoms. The molecule has 0 radical (unpaired) electrons. The summed E-state index contributed by atoms with van der Waals surface area (Å²) in [7, 11) is 0. The Hall–Kier alpha value is -2.28. The van der Waals surface area contributed by atoms with E-state index in [1.54, 1.807) is 0 Å². The molecule has 0 atom stereocenters. The zero-order valence-electron chi connectivity index (χ0n) is 9.21. The van der Waals surface area contributed by atoms with Crippen LogP contribution in [0.1, 0.15) is 10.4 Å². The van der Waals surface area contributed by atoms with Gasteiger partial charge in [-0.2, -0.15) is 5.10 Å². The highest BCUT2D eigenvalue weighted by molar-refractivity contribution is 6.34. The van der Waals surface area contributed by atoms with E-state index in [4.69, 9.17) is 11.6 Å². The van der Waals surface area contributed by atoms with Gasteiger partial charge in [0.1, 0.15) is 0 Å². The number of hydrogen-bond donors (Lipinski definition) is 2. The zero-order valence-corrected chi connectivity index (χ0v) is 9.96. The molecule has 1 heterocycles. The Bertz CT molecular complexity index is 682. The first kappa shape index (κ1) is 13.2. The molecular weight excluding hydrogens is 280 g/mol. The molecule has 0 saturated carbocycles. The molecule has 0 fully saturated rings. The topological polar surface area (TPSA) is 74.8 Å². The Kier molecular flexibility index (Phi) is 3.57. The SMILES string of the molecule is O=C(Nc1ccc(=O)[nH]n1)c1cc(F)c(F)cc1Cl. The van der Waals surface area contributed by atoms with Crippen LogP contribution in [-0.2, 0) is 0 Å². The molecule has 2 aromatic rings. The van der Waals surface area contributed by atoms with Gasteiger partial charge in [0.15, 0.2) is 17.5 Å². The number of benzene rings is 1. The van der Waals surface area contributed by atoms with E-state index >= 15 is 0 Å². The maximum Gasteiger partial charge on any atom is 0.264 e. The average molecular weight is 286 g/mol. The van der Waals surface area contributed by atoms with Crippen LogP contribution in [-0.4, -0.2) is 16.1 Å². The molecule has 5 nitrogen and oxygen atoms in total.